The van der Waals surface area contributed by atoms with Gasteiger partial charge in [-0.2, -0.15) is 5.10 Å². The van der Waals surface area contributed by atoms with E-state index < -0.39 is 5.97 Å². The molecule has 53 heavy (non-hydrogen) atoms. The largest absolute Gasteiger partial charge is 0.481 e. The number of nitrogens with one attached hydrogen (secondary N) is 1. The normalized spacial score (nSPS) is 17.2. The van der Waals surface area contributed by atoms with Crippen LogP contribution in [-0.4, -0.2) is 99.8 Å². The van der Waals surface area contributed by atoms with Gasteiger partial charge in [-0.3, -0.25) is 14.4 Å². The third-order valence-corrected chi connectivity index (χ3v) is 10.7. The molecule has 0 radical (unpaired) electrons. The summed E-state index contributed by atoms with van der Waals surface area (Å²) in [5.41, 5.74) is 12.6. The van der Waals surface area contributed by atoms with Crippen LogP contribution in [0.5, 0.6) is 0 Å². The number of rotatable bonds is 15. The van der Waals surface area contributed by atoms with Gasteiger partial charge in [-0.25, -0.2) is 9.67 Å². The third-order valence-electron chi connectivity index (χ3n) is 10.7. The van der Waals surface area contributed by atoms with E-state index in [1.165, 1.54) is 56.6 Å². The maximum absolute atomic E-state index is 12.6. The Kier molecular flexibility index (Phi) is 14.7. The number of nitrogens with two attached hydrogens (primary N) is 1. The first-order valence-electron chi connectivity index (χ1n) is 19.7. The molecule has 2 saturated heterocycles. The number of likely N-dealkylation sites (tertiary alicyclic amines) is 1. The van der Waals surface area contributed by atoms with Gasteiger partial charge in [0, 0.05) is 75.6 Å². The molecule has 1 aromatic carbocycles. The molecule has 1 unspecified atom stereocenters. The highest BCUT2D eigenvalue weighted by atomic mass is 16.4. The molecule has 3 aromatic rings. The number of hydrogen-bond donors (Lipinski definition) is 3. The molecule has 0 saturated carbocycles. The SMILES string of the molecule is CCN1CCC(CCc2ccc3c(n2)NCCC3)C1.Cc1cc(C)n(-c2cc(CCC(=O)O)cc(N3CCN(C(=O)CCCCCC(N)=O)CC3)c2)n1. The zero-order chi connectivity index (χ0) is 37.7. The number of nitrogens with zero attached hydrogens (tertiary/aromatic N) is 6. The first-order valence-corrected chi connectivity index (χ1v) is 19.7. The van der Waals surface area contributed by atoms with E-state index in [1.807, 2.05) is 41.6 Å². The molecule has 1 atom stereocenters. The van der Waals surface area contributed by atoms with Gasteiger partial charge in [0.05, 0.1) is 11.4 Å². The van der Waals surface area contributed by atoms with Gasteiger partial charge in [0.25, 0.3) is 0 Å². The van der Waals surface area contributed by atoms with Gasteiger partial charge < -0.3 is 30.9 Å². The van der Waals surface area contributed by atoms with Gasteiger partial charge in [-0.05, 0) is 126 Å². The van der Waals surface area contributed by atoms with Gasteiger partial charge in [-0.1, -0.05) is 19.4 Å². The average Bonchev–Trinajstić information content (AvgIpc) is 3.77. The molecular weight excluding hydrogens is 669 g/mol. The van der Waals surface area contributed by atoms with Crippen LogP contribution in [0.25, 0.3) is 5.69 Å². The van der Waals surface area contributed by atoms with Crippen LogP contribution in [0.1, 0.15) is 92.9 Å². The fraction of sp³-hybridized carbons (Fsp3) is 0.585. The van der Waals surface area contributed by atoms with E-state index in [1.54, 1.807) is 0 Å². The van der Waals surface area contributed by atoms with E-state index in [2.05, 4.69) is 45.3 Å². The molecular formula is C41H60N8O4. The van der Waals surface area contributed by atoms with Gasteiger partial charge in [0.1, 0.15) is 5.82 Å². The maximum Gasteiger partial charge on any atom is 0.303 e. The van der Waals surface area contributed by atoms with Crippen molar-refractivity contribution in [3.8, 4) is 5.69 Å². The molecule has 2 fully saturated rings. The fourth-order valence-electron chi connectivity index (χ4n) is 7.67. The molecule has 12 heteroatoms. The highest BCUT2D eigenvalue weighted by Crippen LogP contribution is 2.26. The number of aryl methyl sites for hydroxylation is 5. The second-order valence-electron chi connectivity index (χ2n) is 14.9. The number of piperazine rings is 1. The lowest BCUT2D eigenvalue weighted by Crippen LogP contribution is -2.48. The molecule has 3 aliphatic rings. The Morgan fingerprint density at radius 2 is 1.70 bits per heavy atom. The molecule has 2 amide bonds. The van der Waals surface area contributed by atoms with E-state index in [-0.39, 0.29) is 18.2 Å². The van der Waals surface area contributed by atoms with Crippen LogP contribution in [0.4, 0.5) is 11.5 Å². The maximum atomic E-state index is 12.6. The van der Waals surface area contributed by atoms with Crippen LogP contribution in [0.15, 0.2) is 36.4 Å². The predicted molar refractivity (Wildman–Crippen MR) is 210 cm³/mol. The highest BCUT2D eigenvalue weighted by Gasteiger charge is 2.23. The number of amides is 2. The van der Waals surface area contributed by atoms with Crippen LogP contribution < -0.4 is 16.0 Å². The van der Waals surface area contributed by atoms with Crippen molar-refractivity contribution in [2.75, 3.05) is 62.6 Å². The molecule has 4 N–H and O–H groups in total. The Labute approximate surface area is 315 Å². The Morgan fingerprint density at radius 1 is 0.925 bits per heavy atom. The smallest absolute Gasteiger partial charge is 0.303 e. The van der Waals surface area contributed by atoms with Gasteiger partial charge >= 0.3 is 5.97 Å². The Hall–Kier alpha value is -4.45. The van der Waals surface area contributed by atoms with Crippen molar-refractivity contribution >= 4 is 29.3 Å². The second-order valence-corrected chi connectivity index (χ2v) is 14.9. The number of aliphatic carboxylic acids is 1. The standard InChI is InChI=1S/C25H35N5O4.C16H25N3/c1-18-14-19(2)30(27-18)22-16-20(8-9-25(33)34)15-21(17-22)28-10-12-29(13-11-28)24(32)7-5-3-4-6-23(26)31;1-2-19-11-9-13(12-19)5-7-15-8-6-14-4-3-10-17-16(14)18-15/h14-17H,3-13H2,1-2H3,(H2,26,31)(H,33,34);6,8,13H,2-5,7,9-12H2,1H3,(H,17,18). The lowest BCUT2D eigenvalue weighted by molar-refractivity contribution is -0.137. The summed E-state index contributed by atoms with van der Waals surface area (Å²) in [4.78, 5) is 46.0. The highest BCUT2D eigenvalue weighted by molar-refractivity contribution is 5.76. The Morgan fingerprint density at radius 3 is 2.40 bits per heavy atom. The summed E-state index contributed by atoms with van der Waals surface area (Å²) < 4.78 is 1.89. The van der Waals surface area contributed by atoms with E-state index in [9.17, 15) is 14.4 Å². The molecule has 0 aliphatic carbocycles. The molecule has 3 aliphatic heterocycles. The Bertz CT molecular complexity index is 1680. The lowest BCUT2D eigenvalue weighted by atomic mass is 10.00. The summed E-state index contributed by atoms with van der Waals surface area (Å²) in [5.74, 6) is 1.06. The molecule has 6 rings (SSSR count). The number of carbonyl (C=O) groups excluding carboxylic acids is 2. The van der Waals surface area contributed by atoms with Crippen LogP contribution in [0, 0.1) is 19.8 Å². The number of carboxylic acids is 1. The van der Waals surface area contributed by atoms with Crippen molar-refractivity contribution in [1.29, 1.82) is 0 Å². The van der Waals surface area contributed by atoms with Gasteiger partial charge in [0.2, 0.25) is 11.8 Å². The zero-order valence-corrected chi connectivity index (χ0v) is 32.1. The summed E-state index contributed by atoms with van der Waals surface area (Å²) in [6.45, 7) is 13.8. The van der Waals surface area contributed by atoms with Crippen LogP contribution in [-0.2, 0) is 33.6 Å². The topological polar surface area (TPSA) is 150 Å². The second kappa shape index (κ2) is 19.6. The number of fused-ring (bicyclic) bond motifs is 1. The number of hydrogen-bond acceptors (Lipinski definition) is 8. The molecule has 5 heterocycles. The summed E-state index contributed by atoms with van der Waals surface area (Å²) in [5, 5.41) is 17.2. The van der Waals surface area contributed by atoms with Crippen molar-refractivity contribution in [3.63, 3.8) is 0 Å². The van der Waals surface area contributed by atoms with Crippen molar-refractivity contribution in [2.24, 2.45) is 11.7 Å². The lowest BCUT2D eigenvalue weighted by Gasteiger charge is -2.36. The quantitative estimate of drug-likeness (QED) is 0.177. The molecule has 12 nitrogen and oxygen atoms in total. The molecule has 288 valence electrons. The van der Waals surface area contributed by atoms with Crippen molar-refractivity contribution in [3.05, 3.63) is 64.6 Å². The molecule has 0 bridgehead atoms. The van der Waals surface area contributed by atoms with Crippen LogP contribution in [0.3, 0.4) is 0 Å². The monoisotopic (exact) mass is 728 g/mol. The van der Waals surface area contributed by atoms with Crippen molar-refractivity contribution in [1.82, 2.24) is 24.6 Å². The number of anilines is 2. The summed E-state index contributed by atoms with van der Waals surface area (Å²) in [7, 11) is 0. The number of carboxylic acid groups (broad SMARTS) is 1. The van der Waals surface area contributed by atoms with Crippen molar-refractivity contribution in [2.45, 2.75) is 97.8 Å². The first-order chi connectivity index (χ1) is 25.6. The molecule has 0 spiro atoms. The van der Waals surface area contributed by atoms with Gasteiger partial charge in [-0.15, -0.1) is 0 Å². The number of aromatic nitrogens is 3. The minimum Gasteiger partial charge on any atom is -0.481 e. The minimum atomic E-state index is -0.820. The molecule has 2 aromatic heterocycles. The number of primary amides is 1. The van der Waals surface area contributed by atoms with E-state index in [0.29, 0.717) is 45.4 Å². The summed E-state index contributed by atoms with van der Waals surface area (Å²) in [6.07, 6.45) is 9.93. The zero-order valence-electron chi connectivity index (χ0n) is 32.1. The number of pyridine rings is 1. The predicted octanol–water partition coefficient (Wildman–Crippen LogP) is 5.30. The fourth-order valence-corrected chi connectivity index (χ4v) is 7.67. The number of unbranched alkanes of at least 4 members (excludes halogenated alkanes) is 2. The summed E-state index contributed by atoms with van der Waals surface area (Å²) >= 11 is 0. The summed E-state index contributed by atoms with van der Waals surface area (Å²) in [6, 6.07) is 12.7. The van der Waals surface area contributed by atoms with E-state index >= 15 is 0 Å². The third kappa shape index (κ3) is 12.0. The minimum absolute atomic E-state index is 0.0712. The Balaban J connectivity index is 0.000000239. The average molecular weight is 729 g/mol. The number of benzene rings is 1. The van der Waals surface area contributed by atoms with E-state index in [4.69, 9.17) is 15.8 Å². The van der Waals surface area contributed by atoms with Crippen molar-refractivity contribution < 1.29 is 19.5 Å². The first kappa shape index (κ1) is 39.8. The van der Waals surface area contributed by atoms with Crippen LogP contribution >= 0.6 is 0 Å². The van der Waals surface area contributed by atoms with Gasteiger partial charge in [0.15, 0.2) is 0 Å². The van der Waals surface area contributed by atoms with Crippen LogP contribution in [0.2, 0.25) is 0 Å². The van der Waals surface area contributed by atoms with E-state index in [0.717, 1.165) is 72.3 Å². The number of carbonyl (C=O) groups is 3.